The highest BCUT2D eigenvalue weighted by atomic mass is 32.2. The topological polar surface area (TPSA) is 92.8 Å². The van der Waals surface area contributed by atoms with Crippen LogP contribution in [0.15, 0.2) is 53.4 Å². The van der Waals surface area contributed by atoms with Crippen molar-refractivity contribution in [3.05, 3.63) is 59.7 Å². The van der Waals surface area contributed by atoms with Gasteiger partial charge in [0.1, 0.15) is 5.54 Å². The zero-order valence-electron chi connectivity index (χ0n) is 15.9. The van der Waals surface area contributed by atoms with Gasteiger partial charge in [-0.3, -0.25) is 9.10 Å². The third kappa shape index (κ3) is 3.60. The Morgan fingerprint density at radius 2 is 1.82 bits per heavy atom. The van der Waals surface area contributed by atoms with Crippen LogP contribution in [0.3, 0.4) is 0 Å². The van der Waals surface area contributed by atoms with E-state index >= 15 is 0 Å². The van der Waals surface area contributed by atoms with Crippen molar-refractivity contribution in [3.63, 3.8) is 0 Å². The normalized spacial score (nSPS) is 13.8. The average molecular weight is 402 g/mol. The molecule has 2 aromatic rings. The summed E-state index contributed by atoms with van der Waals surface area (Å²) in [6.07, 6.45) is 0.642. The lowest BCUT2D eigenvalue weighted by molar-refractivity contribution is -0.146. The van der Waals surface area contributed by atoms with Crippen molar-refractivity contribution in [2.24, 2.45) is 0 Å². The number of nitrogens with zero attached hydrogens (tertiary/aromatic N) is 1. The number of hydrogen-bond acceptors (Lipinski definition) is 5. The number of amides is 1. The number of ether oxygens (including phenoxy) is 1. The molecule has 0 unspecified atom stereocenters. The summed E-state index contributed by atoms with van der Waals surface area (Å²) in [4.78, 5) is 24.4. The third-order valence-electron chi connectivity index (χ3n) is 4.65. The number of benzene rings is 2. The molecular formula is C20H22N2O5S. The first-order valence-electron chi connectivity index (χ1n) is 8.78. The Morgan fingerprint density at radius 1 is 1.11 bits per heavy atom. The number of hydrogen-bond donors (Lipinski definition) is 1. The molecule has 0 aliphatic carbocycles. The number of nitrogens with one attached hydrogen (secondary N) is 1. The number of para-hydroxylation sites is 1. The first kappa shape index (κ1) is 19.9. The van der Waals surface area contributed by atoms with Gasteiger partial charge >= 0.3 is 5.97 Å². The van der Waals surface area contributed by atoms with Crippen LogP contribution in [0.1, 0.15) is 29.8 Å². The molecule has 1 N–H and O–H groups in total. The van der Waals surface area contributed by atoms with Crippen molar-refractivity contribution in [2.45, 2.75) is 30.7 Å². The lowest BCUT2D eigenvalue weighted by Gasteiger charge is -2.23. The first-order chi connectivity index (χ1) is 13.2. The zero-order valence-corrected chi connectivity index (χ0v) is 16.7. The second kappa shape index (κ2) is 7.27. The molecule has 1 heterocycles. The van der Waals surface area contributed by atoms with Gasteiger partial charge in [-0.15, -0.1) is 0 Å². The Morgan fingerprint density at radius 3 is 2.54 bits per heavy atom. The SMILES string of the molecule is COC(=O)C(C)(C)NC(=O)c1cccc(S(=O)(=O)N2CCc3ccccc32)c1. The molecule has 28 heavy (non-hydrogen) atoms. The van der Waals surface area contributed by atoms with Gasteiger partial charge in [0.25, 0.3) is 15.9 Å². The summed E-state index contributed by atoms with van der Waals surface area (Å²) in [6, 6.07) is 13.1. The van der Waals surface area contributed by atoms with E-state index in [1.165, 1.54) is 49.5 Å². The van der Waals surface area contributed by atoms with E-state index < -0.39 is 27.4 Å². The van der Waals surface area contributed by atoms with Crippen molar-refractivity contribution in [2.75, 3.05) is 18.0 Å². The number of sulfonamides is 1. The van der Waals surface area contributed by atoms with Crippen LogP contribution < -0.4 is 9.62 Å². The molecule has 0 aromatic heterocycles. The highest BCUT2D eigenvalue weighted by Crippen LogP contribution is 2.32. The molecule has 7 nitrogen and oxygen atoms in total. The van der Waals surface area contributed by atoms with E-state index in [2.05, 4.69) is 10.1 Å². The van der Waals surface area contributed by atoms with Gasteiger partial charge in [-0.25, -0.2) is 13.2 Å². The van der Waals surface area contributed by atoms with Gasteiger partial charge in [-0.2, -0.15) is 0 Å². The average Bonchev–Trinajstić information content (AvgIpc) is 3.12. The molecule has 0 radical (unpaired) electrons. The molecule has 1 aliphatic rings. The minimum atomic E-state index is -3.81. The van der Waals surface area contributed by atoms with E-state index in [9.17, 15) is 18.0 Å². The quantitative estimate of drug-likeness (QED) is 0.774. The summed E-state index contributed by atoms with van der Waals surface area (Å²) in [5.74, 6) is -1.16. The molecule has 8 heteroatoms. The molecule has 2 aromatic carbocycles. The predicted octanol–water partition coefficient (Wildman–Crippen LogP) is 2.12. The Bertz CT molecular complexity index is 1030. The van der Waals surface area contributed by atoms with Gasteiger partial charge in [0, 0.05) is 12.1 Å². The summed E-state index contributed by atoms with van der Waals surface area (Å²) >= 11 is 0. The highest BCUT2D eigenvalue weighted by Gasteiger charge is 2.33. The molecule has 0 bridgehead atoms. The fourth-order valence-corrected chi connectivity index (χ4v) is 4.69. The van der Waals surface area contributed by atoms with E-state index in [0.717, 1.165) is 5.56 Å². The maximum Gasteiger partial charge on any atom is 0.330 e. The number of esters is 1. The molecule has 1 amide bonds. The van der Waals surface area contributed by atoms with Crippen LogP contribution in [0, 0.1) is 0 Å². The minimum absolute atomic E-state index is 0.0210. The Kier molecular flexibility index (Phi) is 5.16. The number of rotatable bonds is 5. The summed E-state index contributed by atoms with van der Waals surface area (Å²) in [6.45, 7) is 3.38. The van der Waals surface area contributed by atoms with Crippen molar-refractivity contribution < 1.29 is 22.7 Å². The van der Waals surface area contributed by atoms with E-state index in [4.69, 9.17) is 0 Å². The highest BCUT2D eigenvalue weighted by molar-refractivity contribution is 7.92. The summed E-state index contributed by atoms with van der Waals surface area (Å²) in [5, 5.41) is 2.57. The van der Waals surface area contributed by atoms with Crippen LogP contribution in [-0.2, 0) is 26.0 Å². The summed E-state index contributed by atoms with van der Waals surface area (Å²) in [5.41, 5.74) is 0.531. The van der Waals surface area contributed by atoms with E-state index in [1.54, 1.807) is 12.1 Å². The van der Waals surface area contributed by atoms with Crippen molar-refractivity contribution in [1.82, 2.24) is 5.32 Å². The number of carbonyl (C=O) groups is 2. The molecule has 0 saturated heterocycles. The second-order valence-electron chi connectivity index (χ2n) is 7.05. The lowest BCUT2D eigenvalue weighted by Crippen LogP contribution is -2.50. The zero-order chi connectivity index (χ0) is 20.5. The van der Waals surface area contributed by atoms with E-state index in [-0.39, 0.29) is 10.5 Å². The number of methoxy groups -OCH3 is 1. The maximum absolute atomic E-state index is 13.1. The largest absolute Gasteiger partial charge is 0.467 e. The fourth-order valence-electron chi connectivity index (χ4n) is 3.14. The van der Waals surface area contributed by atoms with Crippen molar-refractivity contribution in [1.29, 1.82) is 0 Å². The molecule has 3 rings (SSSR count). The first-order valence-corrected chi connectivity index (χ1v) is 10.2. The fraction of sp³-hybridized carbons (Fsp3) is 0.300. The van der Waals surface area contributed by atoms with Crippen LogP contribution in [0.2, 0.25) is 0 Å². The van der Waals surface area contributed by atoms with E-state index in [0.29, 0.717) is 18.7 Å². The molecule has 0 saturated carbocycles. The standard InChI is InChI=1S/C20H22N2O5S/c1-20(2,19(24)27-3)21-18(23)15-8-6-9-16(13-15)28(25,26)22-12-11-14-7-4-5-10-17(14)22/h4-10,13H,11-12H2,1-3H3,(H,21,23). The smallest absolute Gasteiger partial charge is 0.330 e. The lowest BCUT2D eigenvalue weighted by atomic mass is 10.1. The third-order valence-corrected chi connectivity index (χ3v) is 6.46. The molecule has 0 spiro atoms. The molecule has 148 valence electrons. The summed E-state index contributed by atoms with van der Waals surface area (Å²) in [7, 11) is -2.58. The summed E-state index contributed by atoms with van der Waals surface area (Å²) < 4.78 is 32.3. The van der Waals surface area contributed by atoms with Gasteiger partial charge in [0.05, 0.1) is 17.7 Å². The van der Waals surface area contributed by atoms with Crippen LogP contribution in [0.25, 0.3) is 0 Å². The number of anilines is 1. The monoisotopic (exact) mass is 402 g/mol. The van der Waals surface area contributed by atoms with Gasteiger partial charge in [0.2, 0.25) is 0 Å². The molecule has 0 fully saturated rings. The Balaban J connectivity index is 1.89. The van der Waals surface area contributed by atoms with Crippen molar-refractivity contribution >= 4 is 27.6 Å². The van der Waals surface area contributed by atoms with Crippen LogP contribution in [0.5, 0.6) is 0 Å². The van der Waals surface area contributed by atoms with Crippen LogP contribution in [0.4, 0.5) is 5.69 Å². The molecule has 1 aliphatic heterocycles. The molecular weight excluding hydrogens is 380 g/mol. The van der Waals surface area contributed by atoms with Gasteiger partial charge in [-0.1, -0.05) is 24.3 Å². The maximum atomic E-state index is 13.1. The van der Waals surface area contributed by atoms with Gasteiger partial charge < -0.3 is 10.1 Å². The molecule has 0 atom stereocenters. The van der Waals surface area contributed by atoms with E-state index in [1.807, 2.05) is 12.1 Å². The second-order valence-corrected chi connectivity index (χ2v) is 8.92. The minimum Gasteiger partial charge on any atom is -0.467 e. The van der Waals surface area contributed by atoms with Crippen LogP contribution >= 0.6 is 0 Å². The van der Waals surface area contributed by atoms with Crippen molar-refractivity contribution in [3.8, 4) is 0 Å². The number of carbonyl (C=O) groups excluding carboxylic acids is 2. The number of fused-ring (bicyclic) bond motifs is 1. The van der Waals surface area contributed by atoms with Gasteiger partial charge in [0.15, 0.2) is 0 Å². The Hall–Kier alpha value is -2.87. The van der Waals surface area contributed by atoms with Gasteiger partial charge in [-0.05, 0) is 50.1 Å². The van der Waals surface area contributed by atoms with Crippen LogP contribution in [-0.4, -0.2) is 39.5 Å². The predicted molar refractivity (Wildman–Crippen MR) is 105 cm³/mol. The Labute approximate surface area is 164 Å².